The molecular formula is C11H20O. The highest BCUT2D eigenvalue weighted by Crippen LogP contribution is 2.55. The molecule has 1 saturated carbocycles. The van der Waals surface area contributed by atoms with Crippen molar-refractivity contribution in [3.05, 3.63) is 0 Å². The average Bonchev–Trinajstić information content (AvgIpc) is 2.89. The van der Waals surface area contributed by atoms with Crippen LogP contribution in [0.4, 0.5) is 0 Å². The van der Waals surface area contributed by atoms with Crippen molar-refractivity contribution >= 4 is 6.29 Å². The summed E-state index contributed by atoms with van der Waals surface area (Å²) >= 11 is 0. The molecule has 70 valence electrons. The van der Waals surface area contributed by atoms with Crippen molar-refractivity contribution in [2.24, 2.45) is 17.3 Å². The average molecular weight is 168 g/mol. The highest BCUT2D eigenvalue weighted by Gasteiger charge is 2.49. The molecule has 0 aromatic heterocycles. The molecule has 1 rings (SSSR count). The molecular weight excluding hydrogens is 148 g/mol. The van der Waals surface area contributed by atoms with Gasteiger partial charge in [-0.3, -0.25) is 0 Å². The standard InChI is InChI=1S/C11H20O/c1-4-11(5-2,6-3)10-7-9(10)8-12/h8-10H,4-7H2,1-3H3/t9-,10+/m0/s1. The summed E-state index contributed by atoms with van der Waals surface area (Å²) in [6.07, 6.45) is 6.00. The summed E-state index contributed by atoms with van der Waals surface area (Å²) < 4.78 is 0. The maximum absolute atomic E-state index is 10.6. The summed E-state index contributed by atoms with van der Waals surface area (Å²) in [5.74, 6) is 1.10. The third kappa shape index (κ3) is 1.41. The van der Waals surface area contributed by atoms with Gasteiger partial charge in [0.1, 0.15) is 6.29 Å². The first-order chi connectivity index (χ1) is 5.74. The molecule has 12 heavy (non-hydrogen) atoms. The van der Waals surface area contributed by atoms with E-state index in [1.165, 1.54) is 19.3 Å². The second-order valence-corrected chi connectivity index (χ2v) is 4.07. The van der Waals surface area contributed by atoms with Crippen LogP contribution >= 0.6 is 0 Å². The van der Waals surface area contributed by atoms with E-state index in [1.807, 2.05) is 0 Å². The Kier molecular flexibility index (Phi) is 2.92. The number of hydrogen-bond acceptors (Lipinski definition) is 1. The van der Waals surface area contributed by atoms with Crippen LogP contribution in [-0.4, -0.2) is 6.29 Å². The highest BCUT2D eigenvalue weighted by atomic mass is 16.1. The smallest absolute Gasteiger partial charge is 0.123 e. The Labute approximate surface area is 75.5 Å². The van der Waals surface area contributed by atoms with E-state index in [2.05, 4.69) is 20.8 Å². The first-order valence-electron chi connectivity index (χ1n) is 5.19. The summed E-state index contributed by atoms with van der Waals surface area (Å²) in [6.45, 7) is 6.77. The van der Waals surface area contributed by atoms with Crippen LogP contribution in [0.1, 0.15) is 46.5 Å². The zero-order valence-corrected chi connectivity index (χ0v) is 8.47. The second kappa shape index (κ2) is 3.59. The van der Waals surface area contributed by atoms with Crippen LogP contribution in [0.2, 0.25) is 0 Å². The van der Waals surface area contributed by atoms with Gasteiger partial charge in [-0.2, -0.15) is 0 Å². The van der Waals surface area contributed by atoms with Crippen molar-refractivity contribution < 1.29 is 4.79 Å². The quantitative estimate of drug-likeness (QED) is 0.577. The lowest BCUT2D eigenvalue weighted by molar-refractivity contribution is -0.109. The lowest BCUT2D eigenvalue weighted by Crippen LogP contribution is -2.21. The molecule has 0 aromatic rings. The van der Waals surface area contributed by atoms with Gasteiger partial charge >= 0.3 is 0 Å². The van der Waals surface area contributed by atoms with Crippen molar-refractivity contribution in [3.8, 4) is 0 Å². The number of aldehydes is 1. The van der Waals surface area contributed by atoms with E-state index >= 15 is 0 Å². The molecule has 1 aliphatic carbocycles. The van der Waals surface area contributed by atoms with Crippen LogP contribution in [0.5, 0.6) is 0 Å². The molecule has 0 saturated heterocycles. The Morgan fingerprint density at radius 1 is 1.25 bits per heavy atom. The molecule has 2 atom stereocenters. The topological polar surface area (TPSA) is 17.1 Å². The predicted molar refractivity (Wildman–Crippen MR) is 51.0 cm³/mol. The molecule has 0 heterocycles. The fourth-order valence-corrected chi connectivity index (χ4v) is 2.61. The van der Waals surface area contributed by atoms with Crippen molar-refractivity contribution in [3.63, 3.8) is 0 Å². The molecule has 0 radical (unpaired) electrons. The molecule has 0 unspecified atom stereocenters. The number of rotatable bonds is 5. The van der Waals surface area contributed by atoms with Crippen LogP contribution in [-0.2, 0) is 4.79 Å². The van der Waals surface area contributed by atoms with E-state index in [0.717, 1.165) is 12.7 Å². The van der Waals surface area contributed by atoms with Gasteiger partial charge in [-0.15, -0.1) is 0 Å². The van der Waals surface area contributed by atoms with Gasteiger partial charge in [0, 0.05) is 5.92 Å². The van der Waals surface area contributed by atoms with E-state index in [4.69, 9.17) is 0 Å². The van der Waals surface area contributed by atoms with Gasteiger partial charge in [-0.1, -0.05) is 40.0 Å². The zero-order chi connectivity index (χ0) is 9.19. The van der Waals surface area contributed by atoms with Gasteiger partial charge in [-0.05, 0) is 17.8 Å². The molecule has 0 bridgehead atoms. The van der Waals surface area contributed by atoms with Gasteiger partial charge in [-0.25, -0.2) is 0 Å². The summed E-state index contributed by atoms with van der Waals surface area (Å²) in [6, 6.07) is 0. The van der Waals surface area contributed by atoms with Gasteiger partial charge in [0.05, 0.1) is 0 Å². The van der Waals surface area contributed by atoms with Gasteiger partial charge in [0.25, 0.3) is 0 Å². The van der Waals surface area contributed by atoms with E-state index in [0.29, 0.717) is 17.3 Å². The maximum atomic E-state index is 10.6. The van der Waals surface area contributed by atoms with E-state index in [-0.39, 0.29) is 0 Å². The molecule has 0 amide bonds. The Hall–Kier alpha value is -0.330. The van der Waals surface area contributed by atoms with Crippen LogP contribution in [0.25, 0.3) is 0 Å². The normalized spacial score (nSPS) is 28.6. The van der Waals surface area contributed by atoms with Crippen LogP contribution < -0.4 is 0 Å². The summed E-state index contributed by atoms with van der Waals surface area (Å²) in [5.41, 5.74) is 0.478. The lowest BCUT2D eigenvalue weighted by atomic mass is 9.74. The number of hydrogen-bond donors (Lipinski definition) is 0. The summed E-state index contributed by atoms with van der Waals surface area (Å²) in [7, 11) is 0. The Balaban J connectivity index is 2.60. The van der Waals surface area contributed by atoms with E-state index < -0.39 is 0 Å². The zero-order valence-electron chi connectivity index (χ0n) is 8.47. The molecule has 0 aromatic carbocycles. The van der Waals surface area contributed by atoms with Crippen LogP contribution in [0.3, 0.4) is 0 Å². The molecule has 1 nitrogen and oxygen atoms in total. The number of carbonyl (C=O) groups excluding carboxylic acids is 1. The van der Waals surface area contributed by atoms with Crippen LogP contribution in [0, 0.1) is 17.3 Å². The van der Waals surface area contributed by atoms with Crippen molar-refractivity contribution in [2.75, 3.05) is 0 Å². The Bertz CT molecular complexity index is 150. The third-order valence-electron chi connectivity index (χ3n) is 3.91. The first-order valence-corrected chi connectivity index (χ1v) is 5.19. The first kappa shape index (κ1) is 9.76. The SMILES string of the molecule is CCC(CC)(CC)[C@@H]1C[C@H]1C=O. The maximum Gasteiger partial charge on any atom is 0.123 e. The Morgan fingerprint density at radius 2 is 1.75 bits per heavy atom. The van der Waals surface area contributed by atoms with Gasteiger partial charge in [0.2, 0.25) is 0 Å². The fourth-order valence-electron chi connectivity index (χ4n) is 2.61. The minimum atomic E-state index is 0.393. The third-order valence-corrected chi connectivity index (χ3v) is 3.91. The van der Waals surface area contributed by atoms with Gasteiger partial charge in [0.15, 0.2) is 0 Å². The van der Waals surface area contributed by atoms with Crippen molar-refractivity contribution in [1.29, 1.82) is 0 Å². The second-order valence-electron chi connectivity index (χ2n) is 4.07. The van der Waals surface area contributed by atoms with E-state index in [9.17, 15) is 4.79 Å². The molecule has 0 N–H and O–H groups in total. The lowest BCUT2D eigenvalue weighted by Gasteiger charge is -2.30. The molecule has 0 spiro atoms. The predicted octanol–water partition coefficient (Wildman–Crippen LogP) is 3.04. The highest BCUT2D eigenvalue weighted by molar-refractivity contribution is 5.58. The van der Waals surface area contributed by atoms with Crippen LogP contribution in [0.15, 0.2) is 0 Å². The summed E-state index contributed by atoms with van der Waals surface area (Å²) in [5, 5.41) is 0. The molecule has 1 aliphatic rings. The summed E-state index contributed by atoms with van der Waals surface area (Å²) in [4.78, 5) is 10.6. The largest absolute Gasteiger partial charge is 0.303 e. The fraction of sp³-hybridized carbons (Fsp3) is 0.909. The molecule has 1 heteroatoms. The van der Waals surface area contributed by atoms with E-state index in [1.54, 1.807) is 0 Å². The minimum absolute atomic E-state index is 0.393. The Morgan fingerprint density at radius 3 is 2.00 bits per heavy atom. The number of carbonyl (C=O) groups is 1. The monoisotopic (exact) mass is 168 g/mol. The van der Waals surface area contributed by atoms with Gasteiger partial charge < -0.3 is 4.79 Å². The van der Waals surface area contributed by atoms with Crippen molar-refractivity contribution in [1.82, 2.24) is 0 Å². The van der Waals surface area contributed by atoms with Crippen molar-refractivity contribution in [2.45, 2.75) is 46.5 Å². The molecule has 0 aliphatic heterocycles. The molecule has 1 fully saturated rings. The minimum Gasteiger partial charge on any atom is -0.303 e.